The van der Waals surface area contributed by atoms with E-state index in [2.05, 4.69) is 54.6 Å². The van der Waals surface area contributed by atoms with Gasteiger partial charge in [0.1, 0.15) is 5.78 Å². The van der Waals surface area contributed by atoms with Gasteiger partial charge in [0, 0.05) is 19.3 Å². The third-order valence-corrected chi connectivity index (χ3v) is 11.8. The zero-order valence-electron chi connectivity index (χ0n) is 21.4. The summed E-state index contributed by atoms with van der Waals surface area (Å²) in [4.78, 5) is 22.3. The van der Waals surface area contributed by atoms with Crippen molar-refractivity contribution in [3.05, 3.63) is 11.6 Å². The second-order valence-corrected chi connectivity index (χ2v) is 16.9. The number of Topliss-reactive ketones (excluding diaryl/α,β-unsaturated/α-hetero) is 1. The second-order valence-electron chi connectivity index (χ2n) is 12.2. The standard InChI is InChI=1S/C19H38O2Si.C7H10O/c1-17(2,3)22(7,8)21-18(4,5)12-10-14-19(6)13-9-11-16(20)15-19;1-6-3-2-4-7(8)5-6/h9-15H2,1-8H3;5H,2-4H2,1H3/t19-;/m0./s1. The molecule has 1 saturated carbocycles. The maximum atomic E-state index is 11.7. The molecule has 3 nitrogen and oxygen atoms in total. The van der Waals surface area contributed by atoms with E-state index in [1.54, 1.807) is 6.08 Å². The van der Waals surface area contributed by atoms with Crippen LogP contribution in [0.5, 0.6) is 0 Å². The van der Waals surface area contributed by atoms with Gasteiger partial charge in [-0.1, -0.05) is 39.7 Å². The van der Waals surface area contributed by atoms with Gasteiger partial charge in [-0.05, 0) is 88.9 Å². The van der Waals surface area contributed by atoms with Gasteiger partial charge in [0.25, 0.3) is 0 Å². The van der Waals surface area contributed by atoms with Crippen molar-refractivity contribution >= 4 is 19.9 Å². The summed E-state index contributed by atoms with van der Waals surface area (Å²) in [5, 5.41) is 0.256. The van der Waals surface area contributed by atoms with E-state index in [0.717, 1.165) is 57.8 Å². The molecule has 0 aromatic carbocycles. The Balaban J connectivity index is 0.000000467. The molecule has 0 aromatic heterocycles. The highest BCUT2D eigenvalue weighted by Crippen LogP contribution is 2.42. The molecule has 0 heterocycles. The molecule has 0 radical (unpaired) electrons. The first-order valence-corrected chi connectivity index (χ1v) is 14.9. The summed E-state index contributed by atoms with van der Waals surface area (Å²) < 4.78 is 6.61. The summed E-state index contributed by atoms with van der Waals surface area (Å²) in [7, 11) is -1.71. The van der Waals surface area contributed by atoms with Gasteiger partial charge in [0.2, 0.25) is 0 Å². The van der Waals surface area contributed by atoms with Crippen molar-refractivity contribution in [2.24, 2.45) is 5.41 Å². The highest BCUT2D eigenvalue weighted by Gasteiger charge is 2.41. The van der Waals surface area contributed by atoms with Gasteiger partial charge in [0.15, 0.2) is 14.1 Å². The number of rotatable bonds is 6. The lowest BCUT2D eigenvalue weighted by Crippen LogP contribution is -2.47. The van der Waals surface area contributed by atoms with Crippen molar-refractivity contribution in [3.8, 4) is 0 Å². The van der Waals surface area contributed by atoms with Crippen molar-refractivity contribution in [3.63, 3.8) is 0 Å². The average molecular weight is 437 g/mol. The minimum absolute atomic E-state index is 0.0575. The molecular formula is C26H48O3Si. The third-order valence-electron chi connectivity index (χ3n) is 7.16. The number of carbonyl (C=O) groups excluding carboxylic acids is 2. The Hall–Kier alpha value is -0.743. The van der Waals surface area contributed by atoms with Crippen molar-refractivity contribution < 1.29 is 14.0 Å². The van der Waals surface area contributed by atoms with E-state index in [1.165, 1.54) is 12.0 Å². The molecule has 0 aliphatic heterocycles. The van der Waals surface area contributed by atoms with Crippen molar-refractivity contribution in [2.45, 2.75) is 136 Å². The molecule has 0 saturated heterocycles. The third kappa shape index (κ3) is 9.59. The number of allylic oxidation sites excluding steroid dienone is 2. The van der Waals surface area contributed by atoms with E-state index in [1.807, 2.05) is 6.92 Å². The van der Waals surface area contributed by atoms with Crippen molar-refractivity contribution in [1.82, 2.24) is 0 Å². The van der Waals surface area contributed by atoms with Crippen molar-refractivity contribution in [2.75, 3.05) is 0 Å². The number of hydrogen-bond acceptors (Lipinski definition) is 3. The number of ketones is 2. The minimum atomic E-state index is -1.71. The number of hydrogen-bond donors (Lipinski definition) is 0. The maximum Gasteiger partial charge on any atom is 0.192 e. The van der Waals surface area contributed by atoms with Crippen LogP contribution in [0, 0.1) is 5.41 Å². The fourth-order valence-corrected chi connectivity index (χ4v) is 6.16. The summed E-state index contributed by atoms with van der Waals surface area (Å²) in [5.74, 6) is 0.763. The maximum absolute atomic E-state index is 11.7. The molecule has 4 heteroatoms. The number of carbonyl (C=O) groups is 2. The molecule has 0 bridgehead atoms. The van der Waals surface area contributed by atoms with Crippen molar-refractivity contribution in [1.29, 1.82) is 0 Å². The van der Waals surface area contributed by atoms with E-state index in [9.17, 15) is 9.59 Å². The second kappa shape index (κ2) is 10.7. The predicted molar refractivity (Wildman–Crippen MR) is 130 cm³/mol. The van der Waals surface area contributed by atoms with E-state index in [0.29, 0.717) is 11.6 Å². The van der Waals surface area contributed by atoms with Crippen LogP contribution >= 0.6 is 0 Å². The van der Waals surface area contributed by atoms with E-state index >= 15 is 0 Å². The van der Waals surface area contributed by atoms with Crippen LogP contribution < -0.4 is 0 Å². The van der Waals surface area contributed by atoms with E-state index < -0.39 is 8.32 Å². The summed E-state index contributed by atoms with van der Waals surface area (Å²) in [6, 6.07) is 0. The van der Waals surface area contributed by atoms with Crippen LogP contribution in [0.25, 0.3) is 0 Å². The normalized spacial score (nSPS) is 23.6. The van der Waals surface area contributed by atoms with Gasteiger partial charge in [-0.2, -0.15) is 0 Å². The topological polar surface area (TPSA) is 43.4 Å². The Bertz CT molecular complexity index is 625. The van der Waals surface area contributed by atoms with Gasteiger partial charge in [-0.15, -0.1) is 0 Å². The van der Waals surface area contributed by atoms with Gasteiger partial charge in [0.05, 0.1) is 5.60 Å². The molecule has 1 atom stereocenters. The fraction of sp³-hybridized carbons (Fsp3) is 0.846. The van der Waals surface area contributed by atoms with Crippen LogP contribution in [-0.4, -0.2) is 25.5 Å². The zero-order chi connectivity index (χ0) is 23.2. The smallest absolute Gasteiger partial charge is 0.192 e. The Morgan fingerprint density at radius 1 is 1.03 bits per heavy atom. The monoisotopic (exact) mass is 436 g/mol. The molecule has 1 fully saturated rings. The highest BCUT2D eigenvalue weighted by atomic mass is 28.4. The summed E-state index contributed by atoms with van der Waals surface area (Å²) in [6.45, 7) is 20.3. The predicted octanol–water partition coefficient (Wildman–Crippen LogP) is 7.79. The molecule has 174 valence electrons. The first kappa shape index (κ1) is 27.3. The summed E-state index contributed by atoms with van der Waals surface area (Å²) >= 11 is 0. The molecule has 0 amide bonds. The molecule has 2 rings (SSSR count). The summed E-state index contributed by atoms with van der Waals surface area (Å²) in [5.41, 5.74) is 1.42. The molecular weight excluding hydrogens is 388 g/mol. The lowest BCUT2D eigenvalue weighted by Gasteiger charge is -2.43. The van der Waals surface area contributed by atoms with E-state index in [-0.39, 0.29) is 16.1 Å². The average Bonchev–Trinajstić information content (AvgIpc) is 2.52. The lowest BCUT2D eigenvalue weighted by atomic mass is 9.71. The quantitative estimate of drug-likeness (QED) is 0.399. The van der Waals surface area contributed by atoms with Gasteiger partial charge in [-0.3, -0.25) is 9.59 Å². The largest absolute Gasteiger partial charge is 0.412 e. The molecule has 0 unspecified atom stereocenters. The molecule has 0 spiro atoms. The molecule has 30 heavy (non-hydrogen) atoms. The van der Waals surface area contributed by atoms with E-state index in [4.69, 9.17) is 4.43 Å². The van der Waals surface area contributed by atoms with Crippen LogP contribution in [0.2, 0.25) is 18.1 Å². The van der Waals surface area contributed by atoms with Crippen LogP contribution in [0.3, 0.4) is 0 Å². The van der Waals surface area contributed by atoms with Crippen LogP contribution in [0.15, 0.2) is 11.6 Å². The molecule has 0 aromatic rings. The Morgan fingerprint density at radius 2 is 1.67 bits per heavy atom. The van der Waals surface area contributed by atoms with Gasteiger partial charge >= 0.3 is 0 Å². The first-order chi connectivity index (χ1) is 13.6. The Labute approximate surface area is 187 Å². The fourth-order valence-electron chi connectivity index (χ4n) is 4.37. The first-order valence-electron chi connectivity index (χ1n) is 12.0. The zero-order valence-corrected chi connectivity index (χ0v) is 22.4. The van der Waals surface area contributed by atoms with Crippen LogP contribution in [0.1, 0.15) is 113 Å². The van der Waals surface area contributed by atoms with Crippen LogP contribution in [-0.2, 0) is 14.0 Å². The molecule has 2 aliphatic rings. The Kier molecular flexibility index (Phi) is 9.75. The summed E-state index contributed by atoms with van der Waals surface area (Å²) in [6.07, 6.45) is 12.0. The van der Waals surface area contributed by atoms with Gasteiger partial charge < -0.3 is 4.43 Å². The molecule has 0 N–H and O–H groups in total. The van der Waals surface area contributed by atoms with Crippen LogP contribution in [0.4, 0.5) is 0 Å². The Morgan fingerprint density at radius 3 is 2.13 bits per heavy atom. The lowest BCUT2D eigenvalue weighted by molar-refractivity contribution is -0.123. The SMILES string of the molecule is CC(C)(CCC[C@]1(C)CCCC(=O)C1)O[Si](C)(C)C(C)(C)C.CC1=CC(=O)CCC1. The highest BCUT2D eigenvalue weighted by molar-refractivity contribution is 6.74. The molecule has 2 aliphatic carbocycles. The minimum Gasteiger partial charge on any atom is -0.412 e. The van der Waals surface area contributed by atoms with Gasteiger partial charge in [-0.25, -0.2) is 0 Å².